The first-order valence-electron chi connectivity index (χ1n) is 5.91. The van der Waals surface area contributed by atoms with Crippen LogP contribution in [0.4, 0.5) is 0 Å². The van der Waals surface area contributed by atoms with Gasteiger partial charge in [0.25, 0.3) is 0 Å². The Kier molecular flexibility index (Phi) is 7.39. The summed E-state index contributed by atoms with van der Waals surface area (Å²) in [5.74, 6) is -1.51. The highest BCUT2D eigenvalue weighted by molar-refractivity contribution is 5.70. The summed E-state index contributed by atoms with van der Waals surface area (Å²) in [5, 5.41) is 18.7. The lowest BCUT2D eigenvalue weighted by molar-refractivity contribution is -0.148. The number of carboxylic acids is 1. The van der Waals surface area contributed by atoms with Crippen LogP contribution in [0, 0.1) is 11.8 Å². The molecule has 0 rings (SSSR count). The van der Waals surface area contributed by atoms with Crippen LogP contribution in [0.1, 0.15) is 52.9 Å². The van der Waals surface area contributed by atoms with Crippen LogP contribution in [0.15, 0.2) is 0 Å². The average molecular weight is 216 g/mol. The van der Waals surface area contributed by atoms with Gasteiger partial charge in [-0.25, -0.2) is 0 Å². The first-order valence-corrected chi connectivity index (χ1v) is 5.91. The third kappa shape index (κ3) is 5.78. The molecule has 0 heterocycles. The molecule has 0 aliphatic heterocycles. The van der Waals surface area contributed by atoms with Gasteiger partial charge in [-0.1, -0.05) is 46.5 Å². The van der Waals surface area contributed by atoms with Gasteiger partial charge in [0.05, 0.1) is 12.0 Å². The Bertz CT molecular complexity index is 178. The molecule has 3 nitrogen and oxygen atoms in total. The molecule has 2 atom stereocenters. The van der Waals surface area contributed by atoms with Crippen molar-refractivity contribution in [3.05, 3.63) is 0 Å². The van der Waals surface area contributed by atoms with Gasteiger partial charge in [-0.15, -0.1) is 0 Å². The fourth-order valence-electron chi connectivity index (χ4n) is 1.85. The fraction of sp³-hybridized carbons (Fsp3) is 0.917. The van der Waals surface area contributed by atoms with Crippen LogP contribution >= 0.6 is 0 Å². The van der Waals surface area contributed by atoms with Crippen molar-refractivity contribution < 1.29 is 15.0 Å². The molecule has 0 saturated carbocycles. The van der Waals surface area contributed by atoms with Crippen LogP contribution < -0.4 is 0 Å². The van der Waals surface area contributed by atoms with E-state index in [0.29, 0.717) is 6.42 Å². The maximum absolute atomic E-state index is 10.9. The molecule has 3 heteroatoms. The summed E-state index contributed by atoms with van der Waals surface area (Å²) < 4.78 is 0. The predicted molar refractivity (Wildman–Crippen MR) is 60.7 cm³/mol. The summed E-state index contributed by atoms with van der Waals surface area (Å²) in [4.78, 5) is 10.9. The number of rotatable bonds is 8. The molecule has 0 bridgehead atoms. The molecule has 0 spiro atoms. The molecule has 15 heavy (non-hydrogen) atoms. The van der Waals surface area contributed by atoms with Gasteiger partial charge in [-0.05, 0) is 12.3 Å². The molecule has 0 fully saturated rings. The first kappa shape index (κ1) is 14.4. The third-order valence-corrected chi connectivity index (χ3v) is 2.77. The highest BCUT2D eigenvalue weighted by Crippen LogP contribution is 2.20. The minimum Gasteiger partial charge on any atom is -0.481 e. The van der Waals surface area contributed by atoms with Gasteiger partial charge in [-0.2, -0.15) is 0 Å². The molecule has 0 aromatic carbocycles. The largest absolute Gasteiger partial charge is 0.481 e. The van der Waals surface area contributed by atoms with E-state index in [-0.39, 0.29) is 5.92 Å². The normalized spacial score (nSPS) is 15.3. The standard InChI is InChI=1S/C12H24O3/c1-4-5-6-7-8-10(13)11(9(2)3)12(14)15/h9-11,13H,4-8H2,1-3H3,(H,14,15). The molecule has 0 radical (unpaired) electrons. The molecule has 90 valence electrons. The molecule has 2 unspecified atom stereocenters. The van der Waals surface area contributed by atoms with Crippen molar-refractivity contribution in [1.82, 2.24) is 0 Å². The highest BCUT2D eigenvalue weighted by Gasteiger charge is 2.28. The van der Waals surface area contributed by atoms with Gasteiger partial charge in [0.15, 0.2) is 0 Å². The first-order chi connectivity index (χ1) is 7.00. The fourth-order valence-corrected chi connectivity index (χ4v) is 1.85. The van der Waals surface area contributed by atoms with Crippen molar-refractivity contribution in [2.45, 2.75) is 59.0 Å². The summed E-state index contributed by atoms with van der Waals surface area (Å²) in [7, 11) is 0. The predicted octanol–water partition coefficient (Wildman–Crippen LogP) is 2.67. The number of aliphatic carboxylic acids is 1. The number of hydrogen-bond donors (Lipinski definition) is 2. The van der Waals surface area contributed by atoms with E-state index in [1.807, 2.05) is 13.8 Å². The van der Waals surface area contributed by atoms with E-state index < -0.39 is 18.0 Å². The third-order valence-electron chi connectivity index (χ3n) is 2.77. The topological polar surface area (TPSA) is 57.5 Å². The molecule has 0 aromatic rings. The Morgan fingerprint density at radius 3 is 2.20 bits per heavy atom. The van der Waals surface area contributed by atoms with Gasteiger partial charge in [0.2, 0.25) is 0 Å². The number of hydrogen-bond acceptors (Lipinski definition) is 2. The maximum Gasteiger partial charge on any atom is 0.309 e. The van der Waals surface area contributed by atoms with E-state index in [4.69, 9.17) is 5.11 Å². The molecule has 0 aliphatic rings. The molecular formula is C12H24O3. The zero-order valence-corrected chi connectivity index (χ0v) is 10.1. The summed E-state index contributed by atoms with van der Waals surface area (Å²) >= 11 is 0. The number of carboxylic acid groups (broad SMARTS) is 1. The van der Waals surface area contributed by atoms with E-state index in [9.17, 15) is 9.90 Å². The Morgan fingerprint density at radius 2 is 1.80 bits per heavy atom. The Hall–Kier alpha value is -0.570. The van der Waals surface area contributed by atoms with Crippen molar-refractivity contribution in [3.63, 3.8) is 0 Å². The van der Waals surface area contributed by atoms with Crippen LogP contribution in [-0.4, -0.2) is 22.3 Å². The quantitative estimate of drug-likeness (QED) is 0.613. The van der Waals surface area contributed by atoms with Crippen molar-refractivity contribution in [1.29, 1.82) is 0 Å². The van der Waals surface area contributed by atoms with Gasteiger partial charge < -0.3 is 10.2 Å². The molecule has 2 N–H and O–H groups in total. The molecule has 0 amide bonds. The molecule has 0 aromatic heterocycles. The van der Waals surface area contributed by atoms with Gasteiger partial charge in [-0.3, -0.25) is 4.79 Å². The van der Waals surface area contributed by atoms with E-state index in [1.54, 1.807) is 0 Å². The number of aliphatic hydroxyl groups excluding tert-OH is 1. The maximum atomic E-state index is 10.9. The second-order valence-corrected chi connectivity index (χ2v) is 4.52. The summed E-state index contributed by atoms with van der Waals surface area (Å²) in [6, 6.07) is 0. The van der Waals surface area contributed by atoms with Gasteiger partial charge in [0, 0.05) is 0 Å². The number of unbranched alkanes of at least 4 members (excludes halogenated alkanes) is 3. The van der Waals surface area contributed by atoms with Crippen LogP contribution in [0.5, 0.6) is 0 Å². The molecule has 0 saturated heterocycles. The van der Waals surface area contributed by atoms with Gasteiger partial charge >= 0.3 is 5.97 Å². The minimum absolute atomic E-state index is 0.0105. The summed E-state index contributed by atoms with van der Waals surface area (Å²) in [6.07, 6.45) is 4.23. The lowest BCUT2D eigenvalue weighted by atomic mass is 9.87. The Labute approximate surface area is 92.5 Å². The van der Waals surface area contributed by atoms with Crippen molar-refractivity contribution >= 4 is 5.97 Å². The van der Waals surface area contributed by atoms with Crippen LogP contribution in [-0.2, 0) is 4.79 Å². The Balaban J connectivity index is 3.93. The summed E-state index contributed by atoms with van der Waals surface area (Å²) in [6.45, 7) is 5.81. The number of carbonyl (C=O) groups is 1. The molecular weight excluding hydrogens is 192 g/mol. The van der Waals surface area contributed by atoms with E-state index in [1.165, 1.54) is 0 Å². The van der Waals surface area contributed by atoms with Crippen molar-refractivity contribution in [2.75, 3.05) is 0 Å². The van der Waals surface area contributed by atoms with Crippen LogP contribution in [0.25, 0.3) is 0 Å². The lowest BCUT2D eigenvalue weighted by Crippen LogP contribution is -2.32. The lowest BCUT2D eigenvalue weighted by Gasteiger charge is -2.22. The second kappa shape index (κ2) is 7.69. The number of aliphatic hydroxyl groups is 1. The van der Waals surface area contributed by atoms with E-state index >= 15 is 0 Å². The van der Waals surface area contributed by atoms with Gasteiger partial charge in [0.1, 0.15) is 0 Å². The van der Waals surface area contributed by atoms with Crippen molar-refractivity contribution in [3.8, 4) is 0 Å². The van der Waals surface area contributed by atoms with Crippen LogP contribution in [0.2, 0.25) is 0 Å². The zero-order chi connectivity index (χ0) is 11.8. The SMILES string of the molecule is CCCCCCC(O)C(C(=O)O)C(C)C. The van der Waals surface area contributed by atoms with Crippen molar-refractivity contribution in [2.24, 2.45) is 11.8 Å². The second-order valence-electron chi connectivity index (χ2n) is 4.52. The highest BCUT2D eigenvalue weighted by atomic mass is 16.4. The van der Waals surface area contributed by atoms with E-state index in [2.05, 4.69) is 6.92 Å². The Morgan fingerprint density at radius 1 is 1.20 bits per heavy atom. The monoisotopic (exact) mass is 216 g/mol. The minimum atomic E-state index is -0.881. The summed E-state index contributed by atoms with van der Waals surface area (Å²) in [5.41, 5.74) is 0. The smallest absolute Gasteiger partial charge is 0.309 e. The zero-order valence-electron chi connectivity index (χ0n) is 10.1. The van der Waals surface area contributed by atoms with Crippen LogP contribution in [0.3, 0.4) is 0 Å². The van der Waals surface area contributed by atoms with E-state index in [0.717, 1.165) is 25.7 Å². The molecule has 0 aliphatic carbocycles. The average Bonchev–Trinajstić information content (AvgIpc) is 2.11.